The van der Waals surface area contributed by atoms with E-state index in [0.717, 1.165) is 16.0 Å². The molecule has 6 rings (SSSR count). The van der Waals surface area contributed by atoms with Crippen LogP contribution in [0.1, 0.15) is 53.3 Å². The molecule has 0 aliphatic heterocycles. The molecular weight excluding hydrogens is 623 g/mol. The summed E-state index contributed by atoms with van der Waals surface area (Å²) < 4.78 is 0. The van der Waals surface area contributed by atoms with Crippen molar-refractivity contribution >= 4 is 58.5 Å². The number of nitrogens with one attached hydrogen (secondary N) is 3. The highest BCUT2D eigenvalue weighted by molar-refractivity contribution is 8.00. The predicted octanol–water partition coefficient (Wildman–Crippen LogP) is 6.91. The number of carbonyl (C=O) groups excluding carboxylic acids is 5. The monoisotopic (exact) mass is 651 g/mol. The van der Waals surface area contributed by atoms with Crippen LogP contribution in [0.2, 0.25) is 0 Å². The van der Waals surface area contributed by atoms with Crippen LogP contribution >= 0.6 is 11.8 Å². The van der Waals surface area contributed by atoms with Crippen LogP contribution in [-0.4, -0.2) is 35.0 Å². The van der Waals surface area contributed by atoms with Crippen molar-refractivity contribution in [2.45, 2.75) is 11.8 Å². The minimum Gasteiger partial charge on any atom is -0.325 e. The lowest BCUT2D eigenvalue weighted by Gasteiger charge is -2.20. The van der Waals surface area contributed by atoms with Crippen molar-refractivity contribution in [1.29, 1.82) is 0 Å². The smallest absolute Gasteiger partial charge is 0.272 e. The van der Waals surface area contributed by atoms with E-state index in [4.69, 9.17) is 0 Å². The second-order valence-electron chi connectivity index (χ2n) is 11.0. The number of fused-ring (bicyclic) bond motifs is 2. The second-order valence-corrected chi connectivity index (χ2v) is 12.1. The van der Waals surface area contributed by atoms with E-state index in [0.29, 0.717) is 22.4 Å². The zero-order chi connectivity index (χ0) is 33.6. The van der Waals surface area contributed by atoms with E-state index in [1.807, 2.05) is 31.2 Å². The number of carbonyl (C=O) groups is 5. The molecule has 1 aliphatic carbocycles. The van der Waals surface area contributed by atoms with Gasteiger partial charge in [-0.05, 0) is 61.0 Å². The van der Waals surface area contributed by atoms with E-state index < -0.39 is 11.8 Å². The number of benzene rings is 5. The average molecular weight is 652 g/mol. The Hall–Kier alpha value is -6.06. The Kier molecular flexibility index (Phi) is 9.40. The average Bonchev–Trinajstić information content (AvgIpc) is 3.11. The Morgan fingerprint density at radius 3 is 2.02 bits per heavy atom. The molecule has 0 spiro atoms. The summed E-state index contributed by atoms with van der Waals surface area (Å²) in [5.41, 5.74) is 4.22. The van der Waals surface area contributed by atoms with Gasteiger partial charge in [0.05, 0.1) is 17.0 Å². The van der Waals surface area contributed by atoms with Gasteiger partial charge in [0.1, 0.15) is 5.70 Å². The van der Waals surface area contributed by atoms with E-state index in [-0.39, 0.29) is 45.7 Å². The number of amides is 3. The van der Waals surface area contributed by atoms with Crippen molar-refractivity contribution < 1.29 is 24.0 Å². The number of rotatable bonds is 9. The number of anilines is 2. The van der Waals surface area contributed by atoms with Crippen molar-refractivity contribution in [3.8, 4) is 0 Å². The molecule has 0 saturated heterocycles. The largest absolute Gasteiger partial charge is 0.325 e. The molecule has 0 radical (unpaired) electrons. The van der Waals surface area contributed by atoms with Gasteiger partial charge in [-0.15, -0.1) is 11.8 Å². The van der Waals surface area contributed by atoms with Crippen molar-refractivity contribution in [3.05, 3.63) is 166 Å². The van der Waals surface area contributed by atoms with Crippen LogP contribution in [0.4, 0.5) is 11.4 Å². The normalized spacial score (nSPS) is 12.1. The molecule has 0 saturated carbocycles. The van der Waals surface area contributed by atoms with Gasteiger partial charge in [-0.1, -0.05) is 84.4 Å². The number of hydrogen-bond donors (Lipinski definition) is 3. The van der Waals surface area contributed by atoms with Gasteiger partial charge in [0.2, 0.25) is 5.91 Å². The maximum absolute atomic E-state index is 13.3. The van der Waals surface area contributed by atoms with Gasteiger partial charge < -0.3 is 16.0 Å². The number of hydrogen-bond acceptors (Lipinski definition) is 6. The second kappa shape index (κ2) is 14.1. The van der Waals surface area contributed by atoms with Crippen LogP contribution in [0.3, 0.4) is 0 Å². The van der Waals surface area contributed by atoms with Gasteiger partial charge in [-0.2, -0.15) is 0 Å². The number of ketones is 2. The highest BCUT2D eigenvalue weighted by Crippen LogP contribution is 2.32. The lowest BCUT2D eigenvalue weighted by molar-refractivity contribution is -0.114. The summed E-state index contributed by atoms with van der Waals surface area (Å²) in [5, 5.41) is 8.35. The van der Waals surface area contributed by atoms with Gasteiger partial charge in [-0.25, -0.2) is 0 Å². The molecule has 0 fully saturated rings. The third kappa shape index (κ3) is 7.16. The van der Waals surface area contributed by atoms with Gasteiger partial charge in [0, 0.05) is 32.8 Å². The Morgan fingerprint density at radius 2 is 1.31 bits per heavy atom. The lowest BCUT2D eigenvalue weighted by Crippen LogP contribution is -2.30. The molecule has 9 heteroatoms. The third-order valence-electron chi connectivity index (χ3n) is 7.63. The highest BCUT2D eigenvalue weighted by atomic mass is 32.2. The number of thioether (sulfide) groups is 1. The molecule has 5 aromatic carbocycles. The first-order valence-corrected chi connectivity index (χ1v) is 16.1. The predicted molar refractivity (Wildman–Crippen MR) is 187 cm³/mol. The summed E-state index contributed by atoms with van der Waals surface area (Å²) in [5.74, 6) is -1.77. The first-order chi connectivity index (χ1) is 23.3. The topological polar surface area (TPSA) is 121 Å². The van der Waals surface area contributed by atoms with E-state index >= 15 is 0 Å². The van der Waals surface area contributed by atoms with Crippen LogP contribution in [0, 0.1) is 6.92 Å². The standard InChI is InChI=1S/C39H29N3O5S/c1-24-14-16-25(17-15-24)22-33(42-38(46)26-8-3-2-4-9-26)39(47)40-27-18-20-28(21-19-27)48-23-34(43)41-32-13-7-12-31-35(32)37(45)30-11-6-5-10-29(30)36(31)44/h2-22H,23H2,1H3,(H,40,47)(H,41,43)(H,42,46)/b33-22-. The summed E-state index contributed by atoms with van der Waals surface area (Å²) in [6.45, 7) is 1.97. The molecular formula is C39H29N3O5S. The van der Waals surface area contributed by atoms with E-state index in [2.05, 4.69) is 16.0 Å². The molecule has 236 valence electrons. The van der Waals surface area contributed by atoms with Crippen LogP contribution in [0.25, 0.3) is 6.08 Å². The molecule has 8 nitrogen and oxygen atoms in total. The Bertz CT molecular complexity index is 2090. The van der Waals surface area contributed by atoms with Crippen molar-refractivity contribution in [2.24, 2.45) is 0 Å². The zero-order valence-electron chi connectivity index (χ0n) is 25.8. The SMILES string of the molecule is Cc1ccc(/C=C(\NC(=O)c2ccccc2)C(=O)Nc2ccc(SCC(=O)Nc3cccc4c3C(=O)c3ccccc3C4=O)cc2)cc1. The van der Waals surface area contributed by atoms with Crippen molar-refractivity contribution in [3.63, 3.8) is 0 Å². The maximum Gasteiger partial charge on any atom is 0.272 e. The van der Waals surface area contributed by atoms with Crippen molar-refractivity contribution in [2.75, 3.05) is 16.4 Å². The fraction of sp³-hybridized carbons (Fsp3) is 0.0513. The summed E-state index contributed by atoms with van der Waals surface area (Å²) >= 11 is 1.27. The molecule has 0 heterocycles. The summed E-state index contributed by atoms with van der Waals surface area (Å²) in [4.78, 5) is 66.2. The molecule has 0 aromatic heterocycles. The van der Waals surface area contributed by atoms with E-state index in [9.17, 15) is 24.0 Å². The molecule has 48 heavy (non-hydrogen) atoms. The fourth-order valence-corrected chi connectivity index (χ4v) is 5.89. The molecule has 0 unspecified atom stereocenters. The fourth-order valence-electron chi connectivity index (χ4n) is 5.19. The van der Waals surface area contributed by atoms with Gasteiger partial charge in [-0.3, -0.25) is 24.0 Å². The lowest BCUT2D eigenvalue weighted by atomic mass is 9.83. The Labute approximate surface area is 281 Å². The maximum atomic E-state index is 13.3. The van der Waals surface area contributed by atoms with Gasteiger partial charge >= 0.3 is 0 Å². The van der Waals surface area contributed by atoms with Crippen molar-refractivity contribution in [1.82, 2.24) is 5.32 Å². The Balaban J connectivity index is 1.10. The van der Waals surface area contributed by atoms with Gasteiger partial charge in [0.25, 0.3) is 11.8 Å². The zero-order valence-corrected chi connectivity index (χ0v) is 26.6. The number of aryl methyl sites for hydroxylation is 1. The van der Waals surface area contributed by atoms with Crippen LogP contribution < -0.4 is 16.0 Å². The molecule has 3 amide bonds. The minimum absolute atomic E-state index is 0.0447. The summed E-state index contributed by atoms with van der Waals surface area (Å²) in [6, 6.07) is 34.7. The molecule has 0 atom stereocenters. The summed E-state index contributed by atoms with van der Waals surface area (Å²) in [6.07, 6.45) is 1.62. The van der Waals surface area contributed by atoms with Crippen LogP contribution in [0.5, 0.6) is 0 Å². The van der Waals surface area contributed by atoms with E-state index in [1.54, 1.807) is 103 Å². The first-order valence-electron chi connectivity index (χ1n) is 15.1. The Morgan fingerprint density at radius 1 is 0.667 bits per heavy atom. The molecule has 5 aromatic rings. The third-order valence-corrected chi connectivity index (χ3v) is 8.64. The van der Waals surface area contributed by atoms with Gasteiger partial charge in [0.15, 0.2) is 11.6 Å². The minimum atomic E-state index is -0.499. The molecule has 1 aliphatic rings. The summed E-state index contributed by atoms with van der Waals surface area (Å²) in [7, 11) is 0. The molecule has 3 N–H and O–H groups in total. The highest BCUT2D eigenvalue weighted by Gasteiger charge is 2.31. The molecule has 0 bridgehead atoms. The first kappa shape index (κ1) is 31.9. The van der Waals surface area contributed by atoms with Crippen LogP contribution in [-0.2, 0) is 9.59 Å². The quantitative estimate of drug-likeness (QED) is 0.115. The van der Waals surface area contributed by atoms with E-state index in [1.165, 1.54) is 11.8 Å². The van der Waals surface area contributed by atoms with Crippen LogP contribution in [0.15, 0.2) is 132 Å².